The average molecular weight is 559 g/mol. The molecule has 2 aromatic carbocycles. The summed E-state index contributed by atoms with van der Waals surface area (Å²) < 4.78 is 0. The lowest BCUT2D eigenvalue weighted by Gasteiger charge is -2.26. The molecular weight excluding hydrogens is 520 g/mol. The van der Waals surface area contributed by atoms with Gasteiger partial charge in [-0.25, -0.2) is 4.79 Å². The van der Waals surface area contributed by atoms with Gasteiger partial charge in [-0.2, -0.15) is 0 Å². The van der Waals surface area contributed by atoms with Gasteiger partial charge < -0.3 is 42.1 Å². The number of carboxylic acid groups (broad SMARTS) is 1. The van der Waals surface area contributed by atoms with Gasteiger partial charge in [-0.3, -0.25) is 14.4 Å². The summed E-state index contributed by atoms with van der Waals surface area (Å²) in [6, 6.07) is 6.87. The molecule has 9 N–H and O–H groups in total. The highest BCUT2D eigenvalue weighted by molar-refractivity contribution is 5.94. The number of hydrogen-bond donors (Lipinski definition) is 8. The third-order valence-corrected chi connectivity index (χ3v) is 6.16. The second-order valence-electron chi connectivity index (χ2n) is 10.2. The van der Waals surface area contributed by atoms with E-state index in [0.717, 1.165) is 0 Å². The molecule has 0 aliphatic rings. The van der Waals surface area contributed by atoms with E-state index in [1.165, 1.54) is 43.3 Å². The van der Waals surface area contributed by atoms with E-state index in [1.807, 2.05) is 13.8 Å². The first kappa shape index (κ1) is 32.1. The number of rotatable bonds is 14. The summed E-state index contributed by atoms with van der Waals surface area (Å²) in [4.78, 5) is 51.1. The lowest BCUT2D eigenvalue weighted by atomic mass is 10.00. The van der Waals surface area contributed by atoms with Crippen molar-refractivity contribution in [3.63, 3.8) is 0 Å². The van der Waals surface area contributed by atoms with Crippen LogP contribution in [0.3, 0.4) is 0 Å². The predicted molar refractivity (Wildman–Crippen MR) is 146 cm³/mol. The average Bonchev–Trinajstić information content (AvgIpc) is 2.88. The summed E-state index contributed by atoms with van der Waals surface area (Å²) in [7, 11) is 0. The molecule has 0 saturated heterocycles. The van der Waals surface area contributed by atoms with Crippen molar-refractivity contribution >= 4 is 23.7 Å². The Bertz CT molecular complexity index is 1150. The zero-order valence-corrected chi connectivity index (χ0v) is 22.7. The molecule has 0 aliphatic heterocycles. The Kier molecular flexibility index (Phi) is 11.9. The third-order valence-electron chi connectivity index (χ3n) is 6.16. The topological polar surface area (TPSA) is 211 Å². The van der Waals surface area contributed by atoms with Crippen LogP contribution in [0.4, 0.5) is 0 Å². The summed E-state index contributed by atoms with van der Waals surface area (Å²) in [6.07, 6.45) is -1.07. The van der Waals surface area contributed by atoms with E-state index in [0.29, 0.717) is 11.1 Å². The number of phenolic OH excluding ortho intramolecular Hbond substituents is 2. The first-order valence-corrected chi connectivity index (χ1v) is 12.9. The normalized spacial score (nSPS) is 14.8. The zero-order chi connectivity index (χ0) is 30.0. The van der Waals surface area contributed by atoms with Crippen molar-refractivity contribution in [3.05, 3.63) is 59.7 Å². The van der Waals surface area contributed by atoms with Crippen molar-refractivity contribution in [2.75, 3.05) is 0 Å². The van der Waals surface area contributed by atoms with Gasteiger partial charge in [0.15, 0.2) is 0 Å². The van der Waals surface area contributed by atoms with E-state index in [2.05, 4.69) is 16.0 Å². The Morgan fingerprint density at radius 1 is 0.700 bits per heavy atom. The number of carboxylic acids is 1. The first-order chi connectivity index (χ1) is 18.8. The quantitative estimate of drug-likeness (QED) is 0.159. The van der Waals surface area contributed by atoms with Gasteiger partial charge in [0.05, 0.1) is 6.10 Å². The number of benzene rings is 2. The summed E-state index contributed by atoms with van der Waals surface area (Å²) in [6.45, 7) is 5.02. The number of aliphatic carboxylic acids is 1. The summed E-state index contributed by atoms with van der Waals surface area (Å²) in [5, 5.41) is 46.1. The Balaban J connectivity index is 2.28. The Labute approximate surface area is 232 Å². The predicted octanol–water partition coefficient (Wildman–Crippen LogP) is 0.176. The molecule has 0 fully saturated rings. The Morgan fingerprint density at radius 2 is 1.10 bits per heavy atom. The van der Waals surface area contributed by atoms with Crippen LogP contribution >= 0.6 is 0 Å². The smallest absolute Gasteiger partial charge is 0.326 e. The Hall–Kier alpha value is -4.16. The van der Waals surface area contributed by atoms with Crippen LogP contribution in [0.25, 0.3) is 0 Å². The maximum Gasteiger partial charge on any atom is 0.326 e. The van der Waals surface area contributed by atoms with Gasteiger partial charge in [-0.15, -0.1) is 0 Å². The van der Waals surface area contributed by atoms with Crippen LogP contribution in [0.1, 0.15) is 38.3 Å². The monoisotopic (exact) mass is 558 g/mol. The van der Waals surface area contributed by atoms with E-state index in [9.17, 15) is 39.6 Å². The SMILES string of the molecule is CC(C)CC(NC(=O)C(N)C(C)O)C(=O)NC(Cc1ccc(O)cc1)C(=O)NC(Cc1ccc(O)cc1)C(=O)O. The fourth-order valence-corrected chi connectivity index (χ4v) is 3.88. The van der Waals surface area contributed by atoms with E-state index in [-0.39, 0.29) is 36.7 Å². The van der Waals surface area contributed by atoms with Gasteiger partial charge in [0.2, 0.25) is 17.7 Å². The highest BCUT2D eigenvalue weighted by atomic mass is 16.4. The number of aliphatic hydroxyl groups excluding tert-OH is 1. The highest BCUT2D eigenvalue weighted by Gasteiger charge is 2.31. The molecule has 5 unspecified atom stereocenters. The maximum atomic E-state index is 13.4. The van der Waals surface area contributed by atoms with Crippen LogP contribution in [0.5, 0.6) is 11.5 Å². The first-order valence-electron chi connectivity index (χ1n) is 12.9. The minimum Gasteiger partial charge on any atom is -0.508 e. The minimum atomic E-state index is -1.34. The second kappa shape index (κ2) is 14.8. The molecule has 0 aliphatic carbocycles. The number of phenols is 2. The maximum absolute atomic E-state index is 13.4. The molecule has 3 amide bonds. The molecule has 0 spiro atoms. The van der Waals surface area contributed by atoms with Crippen molar-refractivity contribution in [1.29, 1.82) is 0 Å². The number of carbonyl (C=O) groups excluding carboxylic acids is 3. The molecule has 0 heterocycles. The third kappa shape index (κ3) is 10.2. The summed E-state index contributed by atoms with van der Waals surface area (Å²) in [5.41, 5.74) is 6.84. The molecule has 40 heavy (non-hydrogen) atoms. The van der Waals surface area contributed by atoms with Gasteiger partial charge in [0, 0.05) is 12.8 Å². The Morgan fingerprint density at radius 3 is 1.52 bits per heavy atom. The molecule has 12 heteroatoms. The lowest BCUT2D eigenvalue weighted by Crippen LogP contribution is -2.58. The van der Waals surface area contributed by atoms with Crippen molar-refractivity contribution in [2.24, 2.45) is 11.7 Å². The molecule has 0 aromatic heterocycles. The molecular formula is C28H38N4O8. The summed E-state index contributed by atoms with van der Waals surface area (Å²) in [5.74, 6) is -3.53. The van der Waals surface area contributed by atoms with Gasteiger partial charge in [-0.05, 0) is 54.7 Å². The molecule has 0 radical (unpaired) electrons. The number of carbonyl (C=O) groups is 4. The number of nitrogens with one attached hydrogen (secondary N) is 3. The molecule has 218 valence electrons. The van der Waals surface area contributed by atoms with Gasteiger partial charge in [-0.1, -0.05) is 38.1 Å². The molecule has 0 bridgehead atoms. The van der Waals surface area contributed by atoms with Crippen LogP contribution in [0.15, 0.2) is 48.5 Å². The van der Waals surface area contributed by atoms with E-state index in [4.69, 9.17) is 5.73 Å². The van der Waals surface area contributed by atoms with Crippen LogP contribution in [0.2, 0.25) is 0 Å². The molecule has 2 rings (SSSR count). The van der Waals surface area contributed by atoms with Crippen LogP contribution in [0, 0.1) is 5.92 Å². The van der Waals surface area contributed by atoms with E-state index >= 15 is 0 Å². The molecule has 5 atom stereocenters. The second-order valence-corrected chi connectivity index (χ2v) is 10.2. The zero-order valence-electron chi connectivity index (χ0n) is 22.7. The summed E-state index contributed by atoms with van der Waals surface area (Å²) >= 11 is 0. The largest absolute Gasteiger partial charge is 0.508 e. The number of amides is 3. The molecule has 0 saturated carbocycles. The van der Waals surface area contributed by atoms with E-state index in [1.54, 1.807) is 12.1 Å². The van der Waals surface area contributed by atoms with Gasteiger partial charge in [0.1, 0.15) is 35.7 Å². The fraction of sp³-hybridized carbons (Fsp3) is 0.429. The highest BCUT2D eigenvalue weighted by Crippen LogP contribution is 2.14. The van der Waals surface area contributed by atoms with E-state index < -0.39 is 54.0 Å². The van der Waals surface area contributed by atoms with Crippen LogP contribution in [-0.2, 0) is 32.0 Å². The molecule has 2 aromatic rings. The van der Waals surface area contributed by atoms with Crippen molar-refractivity contribution < 1.29 is 39.6 Å². The number of nitrogens with two attached hydrogens (primary N) is 1. The lowest BCUT2D eigenvalue weighted by molar-refractivity contribution is -0.142. The standard InChI is InChI=1S/C28H38N4O8/c1-15(2)12-21(31-27(38)24(29)16(3)33)25(36)30-22(13-17-4-8-19(34)9-5-17)26(37)32-23(28(39)40)14-18-6-10-20(35)11-7-18/h4-11,15-16,21-24,33-35H,12-14,29H2,1-3H3,(H,30,36)(H,31,38)(H,32,37)(H,39,40). The fourth-order valence-electron chi connectivity index (χ4n) is 3.88. The number of aliphatic hydroxyl groups is 1. The van der Waals surface area contributed by atoms with Gasteiger partial charge in [0.25, 0.3) is 0 Å². The van der Waals surface area contributed by atoms with Crippen LogP contribution in [-0.4, -0.2) is 74.4 Å². The van der Waals surface area contributed by atoms with Crippen molar-refractivity contribution in [3.8, 4) is 11.5 Å². The van der Waals surface area contributed by atoms with Crippen molar-refractivity contribution in [1.82, 2.24) is 16.0 Å². The molecule has 12 nitrogen and oxygen atoms in total. The van der Waals surface area contributed by atoms with Gasteiger partial charge >= 0.3 is 5.97 Å². The minimum absolute atomic E-state index is 0.00258. The van der Waals surface area contributed by atoms with Crippen LogP contribution < -0.4 is 21.7 Å². The van der Waals surface area contributed by atoms with Crippen molar-refractivity contribution in [2.45, 2.75) is 70.3 Å². The number of hydrogen-bond acceptors (Lipinski definition) is 8. The number of aromatic hydroxyl groups is 2.